The van der Waals surface area contributed by atoms with Crippen LogP contribution in [0.15, 0.2) is 42.5 Å². The minimum absolute atomic E-state index is 1.20. The third kappa shape index (κ3) is 5.10. The molecule has 0 atom stereocenters. The molecule has 2 heteroatoms. The topological polar surface area (TPSA) is 26.0 Å². The van der Waals surface area contributed by atoms with Crippen LogP contribution in [0.4, 0.5) is 0 Å². The highest BCUT2D eigenvalue weighted by molar-refractivity contribution is 7.13. The quantitative estimate of drug-likeness (QED) is 0.782. The monoisotopic (exact) mass is 235 g/mol. The van der Waals surface area contributed by atoms with E-state index in [4.69, 9.17) is 0 Å². The van der Waals surface area contributed by atoms with Crippen LogP contribution in [0.5, 0.6) is 0 Å². The van der Waals surface area contributed by atoms with E-state index in [1.165, 1.54) is 27.9 Å². The Bertz CT molecular complexity index is 379. The lowest BCUT2D eigenvalue weighted by Gasteiger charge is -1.95. The lowest BCUT2D eigenvalue weighted by molar-refractivity contribution is 1.39. The number of hydrogen-bond acceptors (Lipinski definition) is 2. The second kappa shape index (κ2) is 8.08. The Labute approximate surface area is 103 Å². The van der Waals surface area contributed by atoms with Gasteiger partial charge in [0.15, 0.2) is 0 Å². The van der Waals surface area contributed by atoms with Gasteiger partial charge in [-0.2, -0.15) is 0 Å². The van der Waals surface area contributed by atoms with Gasteiger partial charge in [-0.25, -0.2) is 0 Å². The molecule has 1 aromatic heterocycles. The molecule has 2 N–H and O–H groups in total. The molecule has 0 radical (unpaired) electrons. The van der Waals surface area contributed by atoms with Crippen molar-refractivity contribution in [3.8, 4) is 0 Å². The first kappa shape index (κ1) is 14.9. The summed E-state index contributed by atoms with van der Waals surface area (Å²) in [7, 11) is 1.50. The minimum Gasteiger partial charge on any atom is -0.333 e. The highest BCUT2D eigenvalue weighted by Crippen LogP contribution is 2.24. The van der Waals surface area contributed by atoms with Crippen LogP contribution in [0.2, 0.25) is 0 Å². The number of nitrogens with two attached hydrogens (primary N) is 1. The molecule has 0 amide bonds. The minimum atomic E-state index is 1.20. The first-order valence-corrected chi connectivity index (χ1v) is 6.07. The molecule has 0 fully saturated rings. The van der Waals surface area contributed by atoms with Crippen LogP contribution in [-0.4, -0.2) is 7.05 Å². The fourth-order valence-electron chi connectivity index (χ4n) is 1.10. The first-order valence-electron chi connectivity index (χ1n) is 5.25. The van der Waals surface area contributed by atoms with E-state index in [1.807, 2.05) is 6.08 Å². The predicted octanol–water partition coefficient (Wildman–Crippen LogP) is 4.17. The molecule has 0 aliphatic carbocycles. The summed E-state index contributed by atoms with van der Waals surface area (Å²) in [6.07, 6.45) is 6.14. The van der Waals surface area contributed by atoms with Crippen molar-refractivity contribution in [1.82, 2.24) is 0 Å². The molecule has 0 aliphatic heterocycles. The van der Waals surface area contributed by atoms with E-state index in [0.29, 0.717) is 0 Å². The molecule has 1 aromatic rings. The van der Waals surface area contributed by atoms with Crippen molar-refractivity contribution in [3.63, 3.8) is 0 Å². The van der Waals surface area contributed by atoms with E-state index >= 15 is 0 Å². The molecule has 16 heavy (non-hydrogen) atoms. The summed E-state index contributed by atoms with van der Waals surface area (Å²) in [4.78, 5) is 2.62. The molecular weight excluding hydrogens is 214 g/mol. The van der Waals surface area contributed by atoms with Crippen molar-refractivity contribution < 1.29 is 0 Å². The van der Waals surface area contributed by atoms with Crippen molar-refractivity contribution in [2.24, 2.45) is 5.73 Å². The fourth-order valence-corrected chi connectivity index (χ4v) is 1.99. The molecule has 1 nitrogen and oxygen atoms in total. The molecule has 0 bridgehead atoms. The van der Waals surface area contributed by atoms with Gasteiger partial charge in [-0.05, 0) is 45.5 Å². The predicted molar refractivity (Wildman–Crippen MR) is 76.8 cm³/mol. The summed E-state index contributed by atoms with van der Waals surface area (Å²) in [6.45, 7) is 10.1. The third-order valence-corrected chi connectivity index (χ3v) is 2.89. The van der Waals surface area contributed by atoms with Gasteiger partial charge in [-0.15, -0.1) is 11.3 Å². The second-order valence-electron chi connectivity index (χ2n) is 3.48. The maximum Gasteiger partial charge on any atom is 0.0345 e. The highest BCUT2D eigenvalue weighted by Gasteiger charge is 1.98. The van der Waals surface area contributed by atoms with Gasteiger partial charge < -0.3 is 5.73 Å². The zero-order chi connectivity index (χ0) is 12.6. The lowest BCUT2D eigenvalue weighted by atomic mass is 10.2. The van der Waals surface area contributed by atoms with Gasteiger partial charge in [0.05, 0.1) is 0 Å². The van der Waals surface area contributed by atoms with E-state index in [9.17, 15) is 0 Å². The largest absolute Gasteiger partial charge is 0.333 e. The summed E-state index contributed by atoms with van der Waals surface area (Å²) in [5.41, 5.74) is 7.00. The molecule has 0 unspecified atom stereocenters. The standard InChI is InChI=1S/C13H16S.CH5N/c1-5-12(8-6-10(2)3)13-9-7-11(4)14-13;1-2/h5-9H,1H2,2-4H3;2H2,1H3/b12-8+;. The average Bonchev–Trinajstić information content (AvgIpc) is 2.68. The van der Waals surface area contributed by atoms with Crippen LogP contribution in [-0.2, 0) is 0 Å². The van der Waals surface area contributed by atoms with Crippen LogP contribution in [0, 0.1) is 6.92 Å². The number of aryl methyl sites for hydroxylation is 1. The number of hydrogen-bond donors (Lipinski definition) is 1. The van der Waals surface area contributed by atoms with Crippen molar-refractivity contribution in [2.45, 2.75) is 20.8 Å². The van der Waals surface area contributed by atoms with Gasteiger partial charge in [-0.3, -0.25) is 0 Å². The molecule has 0 aromatic carbocycles. The Morgan fingerprint density at radius 3 is 2.25 bits per heavy atom. The zero-order valence-electron chi connectivity index (χ0n) is 10.6. The number of rotatable bonds is 3. The van der Waals surface area contributed by atoms with Crippen LogP contribution in [0.3, 0.4) is 0 Å². The van der Waals surface area contributed by atoms with Crippen LogP contribution >= 0.6 is 11.3 Å². The van der Waals surface area contributed by atoms with Crippen molar-refractivity contribution in [1.29, 1.82) is 0 Å². The van der Waals surface area contributed by atoms with E-state index in [0.717, 1.165) is 0 Å². The summed E-state index contributed by atoms with van der Waals surface area (Å²) < 4.78 is 0. The summed E-state index contributed by atoms with van der Waals surface area (Å²) in [5, 5.41) is 0. The van der Waals surface area contributed by atoms with Crippen LogP contribution in [0.25, 0.3) is 5.57 Å². The average molecular weight is 235 g/mol. The summed E-state index contributed by atoms with van der Waals surface area (Å²) in [6, 6.07) is 4.28. The Hall–Kier alpha value is -1.12. The molecule has 0 spiro atoms. The van der Waals surface area contributed by atoms with E-state index in [1.54, 1.807) is 11.3 Å². The SMILES string of the molecule is C=C/C(=C\C=C(C)C)c1ccc(C)s1.CN. The van der Waals surface area contributed by atoms with E-state index in [2.05, 4.69) is 57.4 Å². The summed E-state index contributed by atoms with van der Waals surface area (Å²) in [5.74, 6) is 0. The number of allylic oxidation sites excluding steroid dienone is 5. The molecule has 1 rings (SSSR count). The highest BCUT2D eigenvalue weighted by atomic mass is 32.1. The molecule has 0 saturated carbocycles. The van der Waals surface area contributed by atoms with Gasteiger partial charge in [0.25, 0.3) is 0 Å². The maximum atomic E-state index is 4.50. The van der Waals surface area contributed by atoms with E-state index in [-0.39, 0.29) is 0 Å². The number of thiophene rings is 1. The Morgan fingerprint density at radius 1 is 1.25 bits per heavy atom. The maximum absolute atomic E-state index is 4.50. The van der Waals surface area contributed by atoms with E-state index < -0.39 is 0 Å². The van der Waals surface area contributed by atoms with Crippen LogP contribution in [0.1, 0.15) is 23.6 Å². The van der Waals surface area contributed by atoms with Gasteiger partial charge in [0.2, 0.25) is 0 Å². The first-order chi connectivity index (χ1) is 7.63. The molecule has 0 aliphatic rings. The molecule has 88 valence electrons. The zero-order valence-corrected chi connectivity index (χ0v) is 11.4. The molecule has 1 heterocycles. The van der Waals surface area contributed by atoms with Gasteiger partial charge in [0.1, 0.15) is 0 Å². The Balaban J connectivity index is 0.00000106. The smallest absolute Gasteiger partial charge is 0.0345 e. The second-order valence-corrected chi connectivity index (χ2v) is 4.77. The van der Waals surface area contributed by atoms with Gasteiger partial charge >= 0.3 is 0 Å². The third-order valence-electron chi connectivity index (χ3n) is 1.84. The molecule has 0 saturated heterocycles. The fraction of sp³-hybridized carbons (Fsp3) is 0.286. The van der Waals surface area contributed by atoms with Crippen molar-refractivity contribution in [3.05, 3.63) is 52.3 Å². The van der Waals surface area contributed by atoms with Gasteiger partial charge in [0, 0.05) is 9.75 Å². The lowest BCUT2D eigenvalue weighted by Crippen LogP contribution is -1.72. The van der Waals surface area contributed by atoms with Crippen molar-refractivity contribution >= 4 is 16.9 Å². The van der Waals surface area contributed by atoms with Crippen molar-refractivity contribution in [2.75, 3.05) is 7.05 Å². The summed E-state index contributed by atoms with van der Waals surface area (Å²) >= 11 is 1.80. The normalized spacial score (nSPS) is 10.2. The Morgan fingerprint density at radius 2 is 1.88 bits per heavy atom. The Kier molecular flexibility index (Phi) is 7.52. The molecular formula is C14H21NS. The van der Waals surface area contributed by atoms with Crippen LogP contribution < -0.4 is 5.73 Å². The van der Waals surface area contributed by atoms with Gasteiger partial charge in [-0.1, -0.05) is 30.4 Å².